The van der Waals surface area contributed by atoms with E-state index in [1.165, 1.54) is 0 Å². The molecule has 1 fully saturated rings. The summed E-state index contributed by atoms with van der Waals surface area (Å²) in [5.74, 6) is 0. The fraction of sp³-hybridized carbons (Fsp3) is 0.778. The molecule has 13 heavy (non-hydrogen) atoms. The van der Waals surface area contributed by atoms with Gasteiger partial charge in [0.25, 0.3) is 0 Å². The third kappa shape index (κ3) is 5.63. The average Bonchev–Trinajstić information content (AvgIpc) is 2.11. The van der Waals surface area contributed by atoms with E-state index in [1.54, 1.807) is 0 Å². The van der Waals surface area contributed by atoms with Crippen LogP contribution < -0.4 is 21.3 Å². The Labute approximate surface area is 80.2 Å². The molecular weight excluding hydrogens is 164 g/mol. The van der Waals surface area contributed by atoms with Crippen molar-refractivity contribution in [2.24, 2.45) is 0 Å². The van der Waals surface area contributed by atoms with Crippen LogP contribution >= 0.6 is 0 Å². The molecule has 4 N–H and O–H groups in total. The van der Waals surface area contributed by atoms with E-state index >= 15 is 0 Å². The van der Waals surface area contributed by atoms with Gasteiger partial charge in [-0.05, 0) is 0 Å². The van der Waals surface area contributed by atoms with Crippen molar-refractivity contribution in [1.29, 1.82) is 0 Å². The third-order valence-corrected chi connectivity index (χ3v) is 1.97. The molecule has 0 spiro atoms. The fourth-order valence-electron chi connectivity index (χ4n) is 1.23. The van der Waals surface area contributed by atoms with Gasteiger partial charge in [-0.25, -0.2) is 0 Å². The summed E-state index contributed by atoms with van der Waals surface area (Å²) < 4.78 is 0. The highest BCUT2D eigenvalue weighted by molar-refractivity contribution is 4.93. The van der Waals surface area contributed by atoms with E-state index in [4.69, 9.17) is 0 Å². The van der Waals surface area contributed by atoms with Crippen molar-refractivity contribution in [3.05, 3.63) is 12.3 Å². The third-order valence-electron chi connectivity index (χ3n) is 1.97. The van der Waals surface area contributed by atoms with Gasteiger partial charge in [0.2, 0.25) is 0 Å². The largest absolute Gasteiger partial charge is 0.386 e. The van der Waals surface area contributed by atoms with Crippen LogP contribution in [0.15, 0.2) is 12.3 Å². The van der Waals surface area contributed by atoms with Crippen molar-refractivity contribution in [3.8, 4) is 0 Å². The highest BCUT2D eigenvalue weighted by Crippen LogP contribution is 1.79. The van der Waals surface area contributed by atoms with Gasteiger partial charge in [-0.15, -0.1) is 0 Å². The molecule has 0 unspecified atom stereocenters. The van der Waals surface area contributed by atoms with Gasteiger partial charge >= 0.3 is 0 Å². The highest BCUT2D eigenvalue weighted by atomic mass is 15.0. The van der Waals surface area contributed by atoms with E-state index in [0.717, 1.165) is 51.5 Å². The SMILES string of the molecule is C=C1CNCCNCCNCCN1. The van der Waals surface area contributed by atoms with Crippen molar-refractivity contribution in [2.45, 2.75) is 0 Å². The Morgan fingerprint density at radius 3 is 2.00 bits per heavy atom. The molecule has 0 aliphatic carbocycles. The topological polar surface area (TPSA) is 48.1 Å². The number of hydrogen-bond acceptors (Lipinski definition) is 4. The molecule has 0 amide bonds. The Balaban J connectivity index is 2.14. The normalized spacial score (nSPS) is 22.6. The number of rotatable bonds is 0. The summed E-state index contributed by atoms with van der Waals surface area (Å²) >= 11 is 0. The first kappa shape index (κ1) is 10.5. The summed E-state index contributed by atoms with van der Waals surface area (Å²) in [6.07, 6.45) is 0. The van der Waals surface area contributed by atoms with Crippen LogP contribution in [0.3, 0.4) is 0 Å². The van der Waals surface area contributed by atoms with Crippen LogP contribution in [0.25, 0.3) is 0 Å². The Hall–Kier alpha value is -0.580. The minimum Gasteiger partial charge on any atom is -0.386 e. The summed E-state index contributed by atoms with van der Waals surface area (Å²) in [5.41, 5.74) is 1.07. The first-order valence-corrected chi connectivity index (χ1v) is 4.93. The highest BCUT2D eigenvalue weighted by Gasteiger charge is 1.95. The van der Waals surface area contributed by atoms with Crippen LogP contribution in [0.1, 0.15) is 0 Å². The molecule has 1 heterocycles. The molecule has 1 saturated heterocycles. The van der Waals surface area contributed by atoms with Crippen molar-refractivity contribution >= 4 is 0 Å². The van der Waals surface area contributed by atoms with E-state index in [2.05, 4.69) is 27.8 Å². The average molecular weight is 184 g/mol. The lowest BCUT2D eigenvalue weighted by molar-refractivity contribution is 0.561. The molecule has 1 aliphatic heterocycles. The molecule has 4 heteroatoms. The summed E-state index contributed by atoms with van der Waals surface area (Å²) in [6.45, 7) is 10.8. The Morgan fingerprint density at radius 2 is 1.31 bits per heavy atom. The molecule has 0 saturated carbocycles. The number of nitrogens with one attached hydrogen (secondary N) is 4. The molecule has 0 atom stereocenters. The molecule has 0 bridgehead atoms. The van der Waals surface area contributed by atoms with E-state index in [0.29, 0.717) is 0 Å². The first-order chi connectivity index (χ1) is 6.39. The monoisotopic (exact) mass is 184 g/mol. The van der Waals surface area contributed by atoms with Gasteiger partial charge in [0.15, 0.2) is 0 Å². The van der Waals surface area contributed by atoms with Crippen molar-refractivity contribution in [3.63, 3.8) is 0 Å². The van der Waals surface area contributed by atoms with Gasteiger partial charge in [0, 0.05) is 51.5 Å². The van der Waals surface area contributed by atoms with Crippen LogP contribution in [0.5, 0.6) is 0 Å². The van der Waals surface area contributed by atoms with Gasteiger partial charge in [-0.3, -0.25) is 0 Å². The molecule has 1 rings (SSSR count). The Morgan fingerprint density at radius 1 is 0.769 bits per heavy atom. The first-order valence-electron chi connectivity index (χ1n) is 4.93. The standard InChI is InChI=1S/C9H20N4/c1-9-8-12-5-4-10-2-3-11-6-7-13-9/h10-13H,1-8H2. The van der Waals surface area contributed by atoms with Gasteiger partial charge in [0.1, 0.15) is 0 Å². The van der Waals surface area contributed by atoms with Crippen LogP contribution in [0.2, 0.25) is 0 Å². The fourth-order valence-corrected chi connectivity index (χ4v) is 1.23. The van der Waals surface area contributed by atoms with E-state index in [-0.39, 0.29) is 0 Å². The second-order valence-corrected chi connectivity index (χ2v) is 3.21. The van der Waals surface area contributed by atoms with Crippen LogP contribution in [0, 0.1) is 0 Å². The van der Waals surface area contributed by atoms with Crippen molar-refractivity contribution < 1.29 is 0 Å². The predicted molar refractivity (Wildman–Crippen MR) is 55.8 cm³/mol. The second-order valence-electron chi connectivity index (χ2n) is 3.21. The quantitative estimate of drug-likeness (QED) is 0.385. The molecule has 1 aliphatic rings. The lowest BCUT2D eigenvalue weighted by atomic mass is 10.4. The van der Waals surface area contributed by atoms with Crippen LogP contribution in [0.4, 0.5) is 0 Å². The Kier molecular flexibility index (Phi) is 5.56. The van der Waals surface area contributed by atoms with Crippen molar-refractivity contribution in [2.75, 3.05) is 45.8 Å². The predicted octanol–water partition coefficient (Wildman–Crippen LogP) is -1.13. The van der Waals surface area contributed by atoms with Crippen molar-refractivity contribution in [1.82, 2.24) is 21.3 Å². The smallest absolute Gasteiger partial charge is 0.0348 e. The van der Waals surface area contributed by atoms with Gasteiger partial charge < -0.3 is 21.3 Å². The van der Waals surface area contributed by atoms with E-state index < -0.39 is 0 Å². The van der Waals surface area contributed by atoms with Gasteiger partial charge in [-0.1, -0.05) is 6.58 Å². The lowest BCUT2D eigenvalue weighted by Crippen LogP contribution is -2.38. The lowest BCUT2D eigenvalue weighted by Gasteiger charge is -2.13. The zero-order valence-electron chi connectivity index (χ0n) is 8.16. The van der Waals surface area contributed by atoms with Crippen LogP contribution in [-0.4, -0.2) is 45.8 Å². The maximum absolute atomic E-state index is 3.92. The summed E-state index contributed by atoms with van der Waals surface area (Å²) in [4.78, 5) is 0. The molecule has 0 aromatic carbocycles. The molecule has 4 nitrogen and oxygen atoms in total. The van der Waals surface area contributed by atoms with Gasteiger partial charge in [0.05, 0.1) is 0 Å². The summed E-state index contributed by atoms with van der Waals surface area (Å²) in [6, 6.07) is 0. The minimum absolute atomic E-state index is 0.863. The van der Waals surface area contributed by atoms with Crippen LogP contribution in [-0.2, 0) is 0 Å². The second kappa shape index (κ2) is 6.88. The van der Waals surface area contributed by atoms with E-state index in [1.807, 2.05) is 0 Å². The van der Waals surface area contributed by atoms with E-state index in [9.17, 15) is 0 Å². The molecule has 0 aromatic heterocycles. The maximum atomic E-state index is 3.92. The Bertz CT molecular complexity index is 133. The molecule has 76 valence electrons. The summed E-state index contributed by atoms with van der Waals surface area (Å²) in [5, 5.41) is 13.2. The zero-order valence-corrected chi connectivity index (χ0v) is 8.16. The van der Waals surface area contributed by atoms with Gasteiger partial charge in [-0.2, -0.15) is 0 Å². The molecule has 0 radical (unpaired) electrons. The minimum atomic E-state index is 0.863. The maximum Gasteiger partial charge on any atom is 0.0348 e. The number of hydrogen-bond donors (Lipinski definition) is 4. The zero-order chi connectivity index (χ0) is 9.36. The summed E-state index contributed by atoms with van der Waals surface area (Å²) in [7, 11) is 0. The molecular formula is C9H20N4. The molecule has 0 aromatic rings.